The van der Waals surface area contributed by atoms with E-state index in [2.05, 4.69) is 15.5 Å². The van der Waals surface area contributed by atoms with Crippen molar-refractivity contribution in [3.05, 3.63) is 30.2 Å². The Bertz CT molecular complexity index is 554. The first-order chi connectivity index (χ1) is 8.59. The Hall–Kier alpha value is -1.66. The number of fused-ring (bicyclic) bond motifs is 1. The molecule has 104 valence electrons. The molecule has 3 N–H and O–H groups in total. The number of hydrogen-bond acceptors (Lipinski definition) is 4. The van der Waals surface area contributed by atoms with Crippen molar-refractivity contribution in [2.45, 2.75) is 26.4 Å². The molecule has 0 fully saturated rings. The van der Waals surface area contributed by atoms with Crippen LogP contribution in [-0.4, -0.2) is 26.5 Å². The fraction of sp³-hybridized carbons (Fsp3) is 0.417. The van der Waals surface area contributed by atoms with Gasteiger partial charge in [-0.2, -0.15) is 0 Å². The largest absolute Gasteiger partial charge is 0.347 e. The Morgan fingerprint density at radius 1 is 1.42 bits per heavy atom. The van der Waals surface area contributed by atoms with Crippen LogP contribution in [0.1, 0.15) is 19.7 Å². The summed E-state index contributed by atoms with van der Waals surface area (Å²) in [6.45, 7) is 4.15. The summed E-state index contributed by atoms with van der Waals surface area (Å²) in [5, 5.41) is 10.8. The summed E-state index contributed by atoms with van der Waals surface area (Å²) >= 11 is 0. The summed E-state index contributed by atoms with van der Waals surface area (Å²) < 4.78 is 1.83. The number of carbonyl (C=O) groups is 1. The molecule has 6 nitrogen and oxygen atoms in total. The van der Waals surface area contributed by atoms with E-state index in [9.17, 15) is 4.79 Å². The summed E-state index contributed by atoms with van der Waals surface area (Å²) in [7, 11) is 0. The normalized spacial score (nSPS) is 12.2. The molecule has 0 radical (unpaired) electrons. The number of pyridine rings is 1. The van der Waals surface area contributed by atoms with Gasteiger partial charge in [0.15, 0.2) is 11.5 Å². The Morgan fingerprint density at radius 3 is 2.84 bits per heavy atom. The average molecular weight is 284 g/mol. The van der Waals surface area contributed by atoms with Crippen molar-refractivity contribution in [2.24, 2.45) is 11.7 Å². The van der Waals surface area contributed by atoms with Gasteiger partial charge in [-0.05, 0) is 18.1 Å². The Kier molecular flexibility index (Phi) is 5.26. The SMILES string of the molecule is CC(C)[C@H](N)C(=O)NCc1nnc2ccccn12.Cl. The van der Waals surface area contributed by atoms with Crippen molar-refractivity contribution in [1.29, 1.82) is 0 Å². The van der Waals surface area contributed by atoms with E-state index in [0.29, 0.717) is 12.4 Å². The molecule has 2 aromatic rings. The third-order valence-electron chi connectivity index (χ3n) is 2.83. The number of nitrogens with two attached hydrogens (primary N) is 1. The summed E-state index contributed by atoms with van der Waals surface area (Å²) in [5.41, 5.74) is 6.52. The first kappa shape index (κ1) is 15.4. The van der Waals surface area contributed by atoms with E-state index < -0.39 is 6.04 Å². The number of carbonyl (C=O) groups excluding carboxylic acids is 1. The van der Waals surface area contributed by atoms with Crippen LogP contribution in [0.5, 0.6) is 0 Å². The van der Waals surface area contributed by atoms with Crippen LogP contribution in [-0.2, 0) is 11.3 Å². The highest BCUT2D eigenvalue weighted by atomic mass is 35.5. The number of aromatic nitrogens is 3. The van der Waals surface area contributed by atoms with Crippen LogP contribution in [0.25, 0.3) is 5.65 Å². The minimum absolute atomic E-state index is 0. The molecule has 7 heteroatoms. The van der Waals surface area contributed by atoms with Gasteiger partial charge >= 0.3 is 0 Å². The predicted octanol–water partition coefficient (Wildman–Crippen LogP) is 0.751. The van der Waals surface area contributed by atoms with Gasteiger partial charge in [0, 0.05) is 6.20 Å². The van der Waals surface area contributed by atoms with E-state index in [1.165, 1.54) is 0 Å². The average Bonchev–Trinajstić information content (AvgIpc) is 2.78. The monoisotopic (exact) mass is 283 g/mol. The maximum atomic E-state index is 11.7. The molecule has 2 aromatic heterocycles. The molecule has 1 atom stereocenters. The van der Waals surface area contributed by atoms with Crippen LogP contribution in [0, 0.1) is 5.92 Å². The molecular weight excluding hydrogens is 266 g/mol. The molecule has 0 saturated heterocycles. The molecule has 1 amide bonds. The molecule has 0 aliphatic heterocycles. The topological polar surface area (TPSA) is 85.3 Å². The molecule has 0 bridgehead atoms. The Morgan fingerprint density at radius 2 is 2.16 bits per heavy atom. The lowest BCUT2D eigenvalue weighted by molar-refractivity contribution is -0.123. The lowest BCUT2D eigenvalue weighted by atomic mass is 10.1. The standard InChI is InChI=1S/C12H17N5O.ClH/c1-8(2)11(13)12(18)14-7-10-16-15-9-5-3-4-6-17(9)10;/h3-6,8,11H,7,13H2,1-2H3,(H,14,18);1H/t11-;/m0./s1. The number of amides is 1. The molecule has 19 heavy (non-hydrogen) atoms. The molecule has 2 rings (SSSR count). The third kappa shape index (κ3) is 3.42. The van der Waals surface area contributed by atoms with Gasteiger partial charge in [0.25, 0.3) is 0 Å². The van der Waals surface area contributed by atoms with E-state index in [1.807, 2.05) is 42.6 Å². The van der Waals surface area contributed by atoms with E-state index >= 15 is 0 Å². The van der Waals surface area contributed by atoms with E-state index in [0.717, 1.165) is 5.65 Å². The van der Waals surface area contributed by atoms with Crippen molar-refractivity contribution in [3.8, 4) is 0 Å². The smallest absolute Gasteiger partial charge is 0.237 e. The van der Waals surface area contributed by atoms with Gasteiger partial charge in [-0.25, -0.2) is 0 Å². The van der Waals surface area contributed by atoms with Crippen molar-refractivity contribution >= 4 is 24.0 Å². The first-order valence-electron chi connectivity index (χ1n) is 5.91. The Balaban J connectivity index is 0.00000180. The van der Waals surface area contributed by atoms with Gasteiger partial charge in [0.05, 0.1) is 12.6 Å². The second kappa shape index (κ2) is 6.49. The second-order valence-electron chi connectivity index (χ2n) is 4.53. The van der Waals surface area contributed by atoms with Crippen molar-refractivity contribution < 1.29 is 4.79 Å². The highest BCUT2D eigenvalue weighted by Crippen LogP contribution is 2.03. The highest BCUT2D eigenvalue weighted by Gasteiger charge is 2.17. The molecular formula is C12H18ClN5O. The number of halogens is 1. The van der Waals surface area contributed by atoms with Gasteiger partial charge in [-0.15, -0.1) is 22.6 Å². The second-order valence-corrected chi connectivity index (χ2v) is 4.53. The highest BCUT2D eigenvalue weighted by molar-refractivity contribution is 5.85. The maximum Gasteiger partial charge on any atom is 0.237 e. The van der Waals surface area contributed by atoms with E-state index in [4.69, 9.17) is 5.73 Å². The molecule has 0 aliphatic carbocycles. The van der Waals surface area contributed by atoms with Crippen LogP contribution >= 0.6 is 12.4 Å². The number of nitrogens with zero attached hydrogens (tertiary/aromatic N) is 3. The summed E-state index contributed by atoms with van der Waals surface area (Å²) in [6.07, 6.45) is 1.86. The van der Waals surface area contributed by atoms with Crippen LogP contribution in [0.15, 0.2) is 24.4 Å². The zero-order valence-electron chi connectivity index (χ0n) is 10.9. The quantitative estimate of drug-likeness (QED) is 0.867. The van der Waals surface area contributed by atoms with Gasteiger partial charge in [-0.3, -0.25) is 9.20 Å². The molecule has 0 unspecified atom stereocenters. The summed E-state index contributed by atoms with van der Waals surface area (Å²) in [6, 6.07) is 5.14. The molecule has 0 aromatic carbocycles. The molecule has 2 heterocycles. The lowest BCUT2D eigenvalue weighted by Gasteiger charge is -2.14. The fourth-order valence-electron chi connectivity index (χ4n) is 1.60. The summed E-state index contributed by atoms with van der Waals surface area (Å²) in [4.78, 5) is 11.7. The summed E-state index contributed by atoms with van der Waals surface area (Å²) in [5.74, 6) is 0.632. The first-order valence-corrected chi connectivity index (χ1v) is 5.91. The minimum atomic E-state index is -0.496. The molecule has 0 aliphatic rings. The van der Waals surface area contributed by atoms with Gasteiger partial charge in [-0.1, -0.05) is 19.9 Å². The molecule has 0 spiro atoms. The fourth-order valence-corrected chi connectivity index (χ4v) is 1.60. The predicted molar refractivity (Wildman–Crippen MR) is 74.9 cm³/mol. The zero-order valence-corrected chi connectivity index (χ0v) is 11.7. The van der Waals surface area contributed by atoms with Crippen molar-refractivity contribution in [1.82, 2.24) is 19.9 Å². The van der Waals surface area contributed by atoms with Crippen molar-refractivity contribution in [3.63, 3.8) is 0 Å². The number of nitrogens with one attached hydrogen (secondary N) is 1. The van der Waals surface area contributed by atoms with Gasteiger partial charge in [0.2, 0.25) is 5.91 Å². The third-order valence-corrected chi connectivity index (χ3v) is 2.83. The van der Waals surface area contributed by atoms with Crippen LogP contribution < -0.4 is 11.1 Å². The van der Waals surface area contributed by atoms with Crippen molar-refractivity contribution in [2.75, 3.05) is 0 Å². The zero-order chi connectivity index (χ0) is 13.1. The van der Waals surface area contributed by atoms with Crippen LogP contribution in [0.2, 0.25) is 0 Å². The van der Waals surface area contributed by atoms with Gasteiger partial charge < -0.3 is 11.1 Å². The van der Waals surface area contributed by atoms with Crippen LogP contribution in [0.3, 0.4) is 0 Å². The Labute approximate surface area is 117 Å². The van der Waals surface area contributed by atoms with Gasteiger partial charge in [0.1, 0.15) is 0 Å². The number of hydrogen-bond donors (Lipinski definition) is 2. The maximum absolute atomic E-state index is 11.7. The number of rotatable bonds is 4. The lowest BCUT2D eigenvalue weighted by Crippen LogP contribution is -2.43. The van der Waals surface area contributed by atoms with E-state index in [-0.39, 0.29) is 24.2 Å². The van der Waals surface area contributed by atoms with E-state index in [1.54, 1.807) is 0 Å². The molecule has 0 saturated carbocycles. The van der Waals surface area contributed by atoms with Crippen LogP contribution in [0.4, 0.5) is 0 Å². The minimum Gasteiger partial charge on any atom is -0.347 e.